The van der Waals surface area contributed by atoms with E-state index in [1.807, 2.05) is 6.07 Å². The number of ether oxygens (including phenoxy) is 1. The summed E-state index contributed by atoms with van der Waals surface area (Å²) in [5.74, 6) is -1.33. The minimum Gasteiger partial charge on any atom is -0.453 e. The number of benzene rings is 1. The first-order valence-corrected chi connectivity index (χ1v) is 9.99. The molecule has 30 heavy (non-hydrogen) atoms. The van der Waals surface area contributed by atoms with Crippen LogP contribution in [0.15, 0.2) is 24.3 Å². The fraction of sp³-hybridized carbons (Fsp3) is 0.476. The van der Waals surface area contributed by atoms with E-state index in [9.17, 15) is 19.2 Å². The number of nitrogens with one attached hydrogen (secondary N) is 2. The van der Waals surface area contributed by atoms with Gasteiger partial charge >= 0.3 is 12.0 Å². The van der Waals surface area contributed by atoms with Crippen molar-refractivity contribution >= 4 is 29.5 Å². The average molecular weight is 412 g/mol. The maximum atomic E-state index is 12.6. The molecule has 2 N–H and O–H groups in total. The Morgan fingerprint density at radius 1 is 1.33 bits per heavy atom. The van der Waals surface area contributed by atoms with Crippen LogP contribution in [0.25, 0.3) is 0 Å². The summed E-state index contributed by atoms with van der Waals surface area (Å²) in [5.41, 5.74) is 0.0752. The molecule has 1 aromatic rings. The number of nitriles is 1. The zero-order valence-electron chi connectivity index (χ0n) is 16.8. The first-order chi connectivity index (χ1) is 14.3. The van der Waals surface area contributed by atoms with E-state index in [4.69, 9.17) is 10.00 Å². The van der Waals surface area contributed by atoms with Crippen molar-refractivity contribution in [2.45, 2.75) is 57.1 Å². The molecular weight excluding hydrogens is 388 g/mol. The molecule has 0 radical (unpaired) electrons. The van der Waals surface area contributed by atoms with Crippen LogP contribution < -0.4 is 10.6 Å². The van der Waals surface area contributed by atoms with Crippen LogP contribution in [0.3, 0.4) is 0 Å². The van der Waals surface area contributed by atoms with Gasteiger partial charge in [0.25, 0.3) is 11.8 Å². The van der Waals surface area contributed by atoms with E-state index in [2.05, 4.69) is 10.6 Å². The smallest absolute Gasteiger partial charge is 0.325 e. The van der Waals surface area contributed by atoms with Crippen LogP contribution in [-0.4, -0.2) is 46.9 Å². The molecule has 1 spiro atoms. The maximum Gasteiger partial charge on any atom is 0.325 e. The maximum absolute atomic E-state index is 12.6. The van der Waals surface area contributed by atoms with Crippen molar-refractivity contribution in [3.8, 4) is 6.07 Å². The Kier molecular flexibility index (Phi) is 6.35. The largest absolute Gasteiger partial charge is 0.453 e. The molecule has 1 aromatic carbocycles. The second-order valence-electron chi connectivity index (χ2n) is 7.59. The topological polar surface area (TPSA) is 129 Å². The minimum atomic E-state index is -1.03. The molecule has 1 atom stereocenters. The Balaban J connectivity index is 1.43. The van der Waals surface area contributed by atoms with Gasteiger partial charge in [0.15, 0.2) is 6.10 Å². The van der Waals surface area contributed by atoms with Crippen molar-refractivity contribution in [3.63, 3.8) is 0 Å². The number of carbonyl (C=O) groups is 4. The van der Waals surface area contributed by atoms with E-state index in [-0.39, 0.29) is 25.3 Å². The number of hydrogen-bond donors (Lipinski definition) is 2. The summed E-state index contributed by atoms with van der Waals surface area (Å²) in [4.78, 5) is 50.1. The Hall–Kier alpha value is -3.41. The molecule has 0 aromatic heterocycles. The first-order valence-electron chi connectivity index (χ1n) is 9.99. The molecule has 1 aliphatic heterocycles. The van der Waals surface area contributed by atoms with Crippen LogP contribution in [0.5, 0.6) is 0 Å². The lowest BCUT2D eigenvalue weighted by atomic mass is 9.98. The van der Waals surface area contributed by atoms with Gasteiger partial charge < -0.3 is 15.4 Å². The van der Waals surface area contributed by atoms with Crippen LogP contribution in [-0.2, 0) is 19.1 Å². The van der Waals surface area contributed by atoms with Crippen molar-refractivity contribution in [2.24, 2.45) is 0 Å². The van der Waals surface area contributed by atoms with E-state index in [0.29, 0.717) is 24.1 Å². The summed E-state index contributed by atoms with van der Waals surface area (Å²) in [7, 11) is 0. The molecule has 1 saturated carbocycles. The number of imide groups is 1. The van der Waals surface area contributed by atoms with Gasteiger partial charge in [-0.05, 0) is 44.4 Å². The summed E-state index contributed by atoms with van der Waals surface area (Å²) >= 11 is 0. The van der Waals surface area contributed by atoms with E-state index >= 15 is 0 Å². The molecule has 4 amide bonds. The number of hydrogen-bond acceptors (Lipinski definition) is 6. The molecule has 1 saturated heterocycles. The molecule has 1 aliphatic carbocycles. The minimum absolute atomic E-state index is 0.0222. The summed E-state index contributed by atoms with van der Waals surface area (Å²) < 4.78 is 5.13. The third-order valence-electron chi connectivity index (χ3n) is 5.40. The zero-order valence-corrected chi connectivity index (χ0v) is 16.8. The number of esters is 1. The molecule has 2 aliphatic rings. The van der Waals surface area contributed by atoms with Gasteiger partial charge in [-0.25, -0.2) is 4.79 Å². The number of amides is 4. The SMILES string of the molecule is CC(OC(=O)CCCN1C(=O)NC2(CCCC2)C1=O)C(=O)Nc1cccc(C#N)c1. The molecule has 2 fully saturated rings. The van der Waals surface area contributed by atoms with Crippen LogP contribution >= 0.6 is 0 Å². The van der Waals surface area contributed by atoms with Gasteiger partial charge in [-0.1, -0.05) is 18.9 Å². The first kappa shape index (κ1) is 21.3. The molecule has 1 heterocycles. The highest BCUT2D eigenvalue weighted by Gasteiger charge is 2.52. The summed E-state index contributed by atoms with van der Waals surface area (Å²) in [5, 5.41) is 14.3. The quantitative estimate of drug-likeness (QED) is 0.521. The number of urea groups is 1. The van der Waals surface area contributed by atoms with Gasteiger partial charge in [0.2, 0.25) is 0 Å². The Labute approximate surface area is 174 Å². The molecule has 3 rings (SSSR count). The van der Waals surface area contributed by atoms with Gasteiger partial charge in [-0.2, -0.15) is 5.26 Å². The summed E-state index contributed by atoms with van der Waals surface area (Å²) in [6.07, 6.45) is 2.33. The normalized spacial score (nSPS) is 18.1. The standard InChI is InChI=1S/C21H24N4O5/c1-14(18(27)23-16-7-4-6-15(12-16)13-22)30-17(26)8-5-11-25-19(28)21(24-20(25)29)9-2-3-10-21/h4,6-7,12,14H,2-3,5,8-11H2,1H3,(H,23,27)(H,24,29). The average Bonchev–Trinajstić information content (AvgIpc) is 3.28. The van der Waals surface area contributed by atoms with E-state index in [1.165, 1.54) is 13.0 Å². The lowest BCUT2D eigenvalue weighted by Gasteiger charge is -2.20. The highest BCUT2D eigenvalue weighted by molar-refractivity contribution is 6.07. The van der Waals surface area contributed by atoms with Crippen LogP contribution in [0.2, 0.25) is 0 Å². The number of rotatable bonds is 7. The van der Waals surface area contributed by atoms with Gasteiger partial charge in [-0.3, -0.25) is 19.3 Å². The molecule has 1 unspecified atom stereocenters. The van der Waals surface area contributed by atoms with Gasteiger partial charge in [0.1, 0.15) is 5.54 Å². The monoisotopic (exact) mass is 412 g/mol. The van der Waals surface area contributed by atoms with Gasteiger partial charge in [0.05, 0.1) is 11.6 Å². The van der Waals surface area contributed by atoms with Crippen molar-refractivity contribution in [1.29, 1.82) is 5.26 Å². The second-order valence-corrected chi connectivity index (χ2v) is 7.59. The molecule has 0 bridgehead atoms. The van der Waals surface area contributed by atoms with Crippen molar-refractivity contribution in [3.05, 3.63) is 29.8 Å². The highest BCUT2D eigenvalue weighted by atomic mass is 16.5. The fourth-order valence-corrected chi connectivity index (χ4v) is 3.80. The zero-order chi connectivity index (χ0) is 21.7. The second kappa shape index (κ2) is 8.95. The Bertz CT molecular complexity index is 901. The predicted octanol–water partition coefficient (Wildman–Crippen LogP) is 2.07. The molecule has 158 valence electrons. The van der Waals surface area contributed by atoms with Crippen LogP contribution in [0.4, 0.5) is 10.5 Å². The Morgan fingerprint density at radius 2 is 2.07 bits per heavy atom. The summed E-state index contributed by atoms with van der Waals surface area (Å²) in [6.45, 7) is 1.58. The van der Waals surface area contributed by atoms with Crippen LogP contribution in [0.1, 0.15) is 51.0 Å². The van der Waals surface area contributed by atoms with E-state index in [0.717, 1.165) is 17.7 Å². The predicted molar refractivity (Wildman–Crippen MR) is 106 cm³/mol. The van der Waals surface area contributed by atoms with E-state index in [1.54, 1.807) is 18.2 Å². The number of anilines is 1. The van der Waals surface area contributed by atoms with Crippen molar-refractivity contribution < 1.29 is 23.9 Å². The Morgan fingerprint density at radius 3 is 2.77 bits per heavy atom. The molecule has 9 heteroatoms. The lowest BCUT2D eigenvalue weighted by molar-refractivity contribution is -0.153. The van der Waals surface area contributed by atoms with Crippen LogP contribution in [0, 0.1) is 11.3 Å². The van der Waals surface area contributed by atoms with Crippen molar-refractivity contribution in [1.82, 2.24) is 10.2 Å². The number of nitrogens with zero attached hydrogens (tertiary/aromatic N) is 2. The lowest BCUT2D eigenvalue weighted by Crippen LogP contribution is -2.44. The van der Waals surface area contributed by atoms with Gasteiger partial charge in [-0.15, -0.1) is 0 Å². The molecular formula is C21H24N4O5. The third-order valence-corrected chi connectivity index (χ3v) is 5.40. The van der Waals surface area contributed by atoms with Gasteiger partial charge in [0, 0.05) is 18.7 Å². The summed E-state index contributed by atoms with van der Waals surface area (Å²) in [6, 6.07) is 7.95. The fourth-order valence-electron chi connectivity index (χ4n) is 3.80. The number of carbonyl (C=O) groups excluding carboxylic acids is 4. The molecule has 9 nitrogen and oxygen atoms in total. The van der Waals surface area contributed by atoms with E-state index < -0.39 is 29.6 Å². The van der Waals surface area contributed by atoms with Crippen molar-refractivity contribution in [2.75, 3.05) is 11.9 Å². The highest BCUT2D eigenvalue weighted by Crippen LogP contribution is 2.35. The third kappa shape index (κ3) is 4.59.